The highest BCUT2D eigenvalue weighted by Gasteiger charge is 2.35. The molecule has 1 N–H and O–H groups in total. The Bertz CT molecular complexity index is 528. The average molecular weight is 312 g/mol. The van der Waals surface area contributed by atoms with Gasteiger partial charge in [0.25, 0.3) is 0 Å². The predicted octanol–water partition coefficient (Wildman–Crippen LogP) is 4.84. The minimum Gasteiger partial charge on any atom is -0.384 e. The minimum absolute atomic E-state index is 0.192. The Morgan fingerprint density at radius 1 is 1.00 bits per heavy atom. The molecule has 2 nitrogen and oxygen atoms in total. The van der Waals surface area contributed by atoms with Gasteiger partial charge in [-0.1, -0.05) is 68.2 Å². The predicted molar refractivity (Wildman–Crippen MR) is 93.0 cm³/mol. The van der Waals surface area contributed by atoms with Gasteiger partial charge < -0.3 is 5.11 Å². The van der Waals surface area contributed by atoms with Gasteiger partial charge in [0.2, 0.25) is 0 Å². The zero-order chi connectivity index (χ0) is 16.1. The van der Waals surface area contributed by atoms with E-state index in [4.69, 9.17) is 0 Å². The maximum absolute atomic E-state index is 12.8. The van der Waals surface area contributed by atoms with Gasteiger partial charge in [0.15, 0.2) is 0 Å². The highest BCUT2D eigenvalue weighted by Crippen LogP contribution is 2.38. The Morgan fingerprint density at radius 2 is 1.74 bits per heavy atom. The first kappa shape index (κ1) is 16.4. The summed E-state index contributed by atoms with van der Waals surface area (Å²) in [6.07, 6.45) is 12.6. The molecule has 0 heterocycles. The quantitative estimate of drug-likeness (QED) is 0.790. The molecule has 2 fully saturated rings. The van der Waals surface area contributed by atoms with Gasteiger partial charge in [-0.25, -0.2) is 0 Å². The zero-order valence-electron chi connectivity index (χ0n) is 13.9. The number of carbonyl (C=O) groups is 1. The maximum Gasteiger partial charge on any atom is 0.139 e. The lowest BCUT2D eigenvalue weighted by molar-refractivity contribution is -0.128. The molecule has 0 saturated heterocycles. The van der Waals surface area contributed by atoms with Crippen LogP contribution in [0.1, 0.15) is 63.0 Å². The van der Waals surface area contributed by atoms with Gasteiger partial charge in [-0.3, -0.25) is 4.79 Å². The highest BCUT2D eigenvalue weighted by atomic mass is 16.3. The van der Waals surface area contributed by atoms with Gasteiger partial charge in [0.1, 0.15) is 5.78 Å². The van der Waals surface area contributed by atoms with Crippen LogP contribution in [0.5, 0.6) is 0 Å². The molecule has 23 heavy (non-hydrogen) atoms. The van der Waals surface area contributed by atoms with Crippen molar-refractivity contribution in [3.8, 4) is 0 Å². The van der Waals surface area contributed by atoms with Crippen LogP contribution < -0.4 is 0 Å². The van der Waals surface area contributed by atoms with E-state index in [1.165, 1.54) is 19.3 Å². The van der Waals surface area contributed by atoms with Crippen LogP contribution >= 0.6 is 0 Å². The number of rotatable bonds is 5. The van der Waals surface area contributed by atoms with E-state index in [-0.39, 0.29) is 5.92 Å². The molecule has 3 atom stereocenters. The second-order valence-corrected chi connectivity index (χ2v) is 7.18. The number of Topliss-reactive ketones (excluding diaryl/α,β-unsaturated/α-hetero) is 1. The number of hydrogen-bond donors (Lipinski definition) is 1. The molecule has 0 spiro atoms. The molecule has 0 bridgehead atoms. The van der Waals surface area contributed by atoms with E-state index in [1.54, 1.807) is 0 Å². The van der Waals surface area contributed by atoms with Crippen molar-refractivity contribution in [3.05, 3.63) is 48.0 Å². The van der Waals surface area contributed by atoms with Crippen molar-refractivity contribution in [1.82, 2.24) is 0 Å². The van der Waals surface area contributed by atoms with Crippen LogP contribution in [0.3, 0.4) is 0 Å². The standard InChI is InChI=1S/C21H28O2/c22-20(17-8-3-1-4-9-17)15-14-16-12-7-13-19(16)21(23)18-10-5-2-6-11-18/h1,3-4,8-9,14-16,18-20,22H,2,5-7,10-13H2/b15-14+/t16-,19+,20?/m1/s1. The zero-order valence-corrected chi connectivity index (χ0v) is 13.9. The molecule has 2 heteroatoms. The molecule has 2 aliphatic carbocycles. The molecule has 0 aromatic heterocycles. The fraction of sp³-hybridized carbons (Fsp3) is 0.571. The summed E-state index contributed by atoms with van der Waals surface area (Å²) in [6.45, 7) is 0. The Morgan fingerprint density at radius 3 is 2.48 bits per heavy atom. The van der Waals surface area contributed by atoms with Crippen LogP contribution in [0, 0.1) is 17.8 Å². The lowest BCUT2D eigenvalue weighted by atomic mass is 9.78. The molecule has 0 radical (unpaired) electrons. The number of ketones is 1. The summed E-state index contributed by atoms with van der Waals surface area (Å²) in [5.41, 5.74) is 0.914. The second-order valence-electron chi connectivity index (χ2n) is 7.18. The van der Waals surface area contributed by atoms with E-state index in [0.717, 1.165) is 37.7 Å². The van der Waals surface area contributed by atoms with Gasteiger partial charge >= 0.3 is 0 Å². The first-order valence-corrected chi connectivity index (χ1v) is 9.21. The fourth-order valence-corrected chi connectivity index (χ4v) is 4.27. The number of allylic oxidation sites excluding steroid dienone is 1. The summed E-state index contributed by atoms with van der Waals surface area (Å²) in [5, 5.41) is 10.3. The Balaban J connectivity index is 1.62. The van der Waals surface area contributed by atoms with Gasteiger partial charge in [0, 0.05) is 11.8 Å². The van der Waals surface area contributed by atoms with Gasteiger partial charge in [-0.05, 0) is 37.2 Å². The summed E-state index contributed by atoms with van der Waals surface area (Å²) in [4.78, 5) is 12.8. The van der Waals surface area contributed by atoms with Crippen molar-refractivity contribution in [2.45, 2.75) is 57.5 Å². The molecule has 1 unspecified atom stereocenters. The monoisotopic (exact) mass is 312 g/mol. The van der Waals surface area contributed by atoms with Crippen LogP contribution in [-0.2, 0) is 4.79 Å². The number of aliphatic hydroxyl groups excluding tert-OH is 1. The summed E-state index contributed by atoms with van der Waals surface area (Å²) in [5.74, 6) is 1.33. The number of carbonyl (C=O) groups excluding carboxylic acids is 1. The second kappa shape index (κ2) is 7.92. The SMILES string of the molecule is O=C(C1CCCCC1)[C@H]1CCC[C@@H]1/C=C/C(O)c1ccccc1. The molecule has 1 aromatic rings. The van der Waals surface area contributed by atoms with E-state index in [0.29, 0.717) is 17.6 Å². The summed E-state index contributed by atoms with van der Waals surface area (Å²) < 4.78 is 0. The normalized spacial score (nSPS) is 27.3. The van der Waals surface area contributed by atoms with Crippen molar-refractivity contribution in [2.75, 3.05) is 0 Å². The molecular formula is C21H28O2. The van der Waals surface area contributed by atoms with Crippen LogP contribution in [0.15, 0.2) is 42.5 Å². The van der Waals surface area contributed by atoms with Crippen molar-refractivity contribution in [2.24, 2.45) is 17.8 Å². The molecule has 1 aromatic carbocycles. The number of hydrogen-bond acceptors (Lipinski definition) is 2. The van der Waals surface area contributed by atoms with E-state index >= 15 is 0 Å². The van der Waals surface area contributed by atoms with E-state index in [2.05, 4.69) is 6.08 Å². The third kappa shape index (κ3) is 4.11. The van der Waals surface area contributed by atoms with Crippen molar-refractivity contribution < 1.29 is 9.90 Å². The lowest BCUT2D eigenvalue weighted by Gasteiger charge is -2.25. The minimum atomic E-state index is -0.567. The van der Waals surface area contributed by atoms with Gasteiger partial charge in [0.05, 0.1) is 6.10 Å². The van der Waals surface area contributed by atoms with Crippen LogP contribution in [0.2, 0.25) is 0 Å². The smallest absolute Gasteiger partial charge is 0.139 e. The number of aliphatic hydroxyl groups is 1. The Labute approximate surface area is 139 Å². The number of benzene rings is 1. The average Bonchev–Trinajstić information content (AvgIpc) is 3.09. The first-order valence-electron chi connectivity index (χ1n) is 9.21. The molecular weight excluding hydrogens is 284 g/mol. The van der Waals surface area contributed by atoms with E-state index in [1.807, 2.05) is 36.4 Å². The Hall–Kier alpha value is -1.41. The maximum atomic E-state index is 12.8. The van der Waals surface area contributed by atoms with Crippen molar-refractivity contribution >= 4 is 5.78 Å². The Kier molecular flexibility index (Phi) is 5.66. The largest absolute Gasteiger partial charge is 0.384 e. The van der Waals surface area contributed by atoms with Crippen molar-refractivity contribution in [1.29, 1.82) is 0 Å². The lowest BCUT2D eigenvalue weighted by Crippen LogP contribution is -2.27. The summed E-state index contributed by atoms with van der Waals surface area (Å²) in [7, 11) is 0. The molecule has 2 aliphatic rings. The third-order valence-electron chi connectivity index (χ3n) is 5.62. The molecule has 3 rings (SSSR count). The van der Waals surface area contributed by atoms with Crippen LogP contribution in [0.25, 0.3) is 0 Å². The fourth-order valence-electron chi connectivity index (χ4n) is 4.27. The first-order chi connectivity index (χ1) is 11.3. The molecule has 2 saturated carbocycles. The van der Waals surface area contributed by atoms with E-state index in [9.17, 15) is 9.90 Å². The van der Waals surface area contributed by atoms with E-state index < -0.39 is 6.10 Å². The van der Waals surface area contributed by atoms with Crippen LogP contribution in [-0.4, -0.2) is 10.9 Å². The molecule has 124 valence electrons. The van der Waals surface area contributed by atoms with Gasteiger partial charge in [-0.15, -0.1) is 0 Å². The summed E-state index contributed by atoms with van der Waals surface area (Å²) in [6, 6.07) is 9.72. The highest BCUT2D eigenvalue weighted by molar-refractivity contribution is 5.84. The molecule has 0 amide bonds. The van der Waals surface area contributed by atoms with Crippen LogP contribution in [0.4, 0.5) is 0 Å². The van der Waals surface area contributed by atoms with Gasteiger partial charge in [-0.2, -0.15) is 0 Å². The topological polar surface area (TPSA) is 37.3 Å². The molecule has 0 aliphatic heterocycles. The van der Waals surface area contributed by atoms with Crippen molar-refractivity contribution in [3.63, 3.8) is 0 Å². The third-order valence-corrected chi connectivity index (χ3v) is 5.62. The summed E-state index contributed by atoms with van der Waals surface area (Å²) >= 11 is 0.